The Kier molecular flexibility index (Phi) is 4.28. The number of anilines is 1. The van der Waals surface area contributed by atoms with Gasteiger partial charge in [-0.2, -0.15) is 0 Å². The molecule has 7 heteroatoms. The van der Waals surface area contributed by atoms with Gasteiger partial charge < -0.3 is 9.64 Å². The summed E-state index contributed by atoms with van der Waals surface area (Å²) in [6, 6.07) is 7.07. The molecule has 2 atom stereocenters. The van der Waals surface area contributed by atoms with Crippen molar-refractivity contribution in [1.82, 2.24) is 9.80 Å². The number of hydrogen-bond donors (Lipinski definition) is 0. The van der Waals surface area contributed by atoms with E-state index in [2.05, 4.69) is 22.1 Å². The van der Waals surface area contributed by atoms with Crippen LogP contribution < -0.4 is 9.75 Å². The maximum absolute atomic E-state index is 11.3. The SMILES string of the molecule is CN1CCN(CC2C(Cl)Oc3ccccc3N2N=O)CC1. The van der Waals surface area contributed by atoms with Crippen molar-refractivity contribution >= 4 is 17.3 Å². The molecule has 0 radical (unpaired) electrons. The minimum Gasteiger partial charge on any atom is -0.470 e. The second-order valence-electron chi connectivity index (χ2n) is 5.53. The molecule has 0 saturated carbocycles. The lowest BCUT2D eigenvalue weighted by Gasteiger charge is -2.40. The first-order chi connectivity index (χ1) is 10.2. The highest BCUT2D eigenvalue weighted by atomic mass is 35.5. The van der Waals surface area contributed by atoms with Gasteiger partial charge in [0.2, 0.25) is 0 Å². The lowest BCUT2D eigenvalue weighted by molar-refractivity contribution is 0.123. The van der Waals surface area contributed by atoms with Crippen molar-refractivity contribution < 1.29 is 4.74 Å². The molecule has 0 bridgehead atoms. The number of nitrogens with zero attached hydrogens (tertiary/aromatic N) is 4. The molecule has 114 valence electrons. The normalized spacial score (nSPS) is 27.0. The number of likely N-dealkylation sites (N-methyl/N-ethyl adjacent to an activating group) is 1. The zero-order valence-electron chi connectivity index (χ0n) is 12.0. The Bertz CT molecular complexity index is 508. The summed E-state index contributed by atoms with van der Waals surface area (Å²) in [7, 11) is 2.11. The van der Waals surface area contributed by atoms with E-state index in [9.17, 15) is 4.91 Å². The number of nitroso groups, excluding NO2 is 1. The zero-order valence-corrected chi connectivity index (χ0v) is 12.7. The van der Waals surface area contributed by atoms with Crippen LogP contribution in [-0.4, -0.2) is 61.2 Å². The summed E-state index contributed by atoms with van der Waals surface area (Å²) < 4.78 is 5.73. The second kappa shape index (κ2) is 6.17. The standard InChI is InChI=1S/C14H19ClN4O2/c1-17-6-8-18(9-7-17)10-12-14(15)21-13-5-3-2-4-11(13)19(12)16-20/h2-5,12,14H,6-10H2,1H3. The number of para-hydroxylation sites is 2. The predicted molar refractivity (Wildman–Crippen MR) is 82.7 cm³/mol. The number of rotatable bonds is 3. The summed E-state index contributed by atoms with van der Waals surface area (Å²) >= 11 is 6.33. The Morgan fingerprint density at radius 1 is 1.29 bits per heavy atom. The maximum Gasteiger partial charge on any atom is 0.195 e. The molecule has 2 heterocycles. The van der Waals surface area contributed by atoms with Gasteiger partial charge >= 0.3 is 0 Å². The first kappa shape index (κ1) is 14.6. The summed E-state index contributed by atoms with van der Waals surface area (Å²) in [5, 5.41) is 4.64. The van der Waals surface area contributed by atoms with Crippen molar-refractivity contribution in [3.05, 3.63) is 29.2 Å². The van der Waals surface area contributed by atoms with E-state index in [0.717, 1.165) is 26.2 Å². The molecule has 2 unspecified atom stereocenters. The van der Waals surface area contributed by atoms with Gasteiger partial charge in [-0.25, -0.2) is 5.01 Å². The van der Waals surface area contributed by atoms with E-state index in [0.29, 0.717) is 18.0 Å². The Hall–Kier alpha value is -1.37. The fourth-order valence-electron chi connectivity index (χ4n) is 2.80. The number of fused-ring (bicyclic) bond motifs is 1. The Labute approximate surface area is 129 Å². The van der Waals surface area contributed by atoms with Crippen molar-refractivity contribution in [2.45, 2.75) is 11.6 Å². The van der Waals surface area contributed by atoms with Crippen LogP contribution in [0.15, 0.2) is 29.6 Å². The highest BCUT2D eigenvalue weighted by Crippen LogP contribution is 2.37. The highest BCUT2D eigenvalue weighted by Gasteiger charge is 2.37. The molecular weight excluding hydrogens is 292 g/mol. The van der Waals surface area contributed by atoms with Crippen molar-refractivity contribution in [3.8, 4) is 5.75 Å². The van der Waals surface area contributed by atoms with Crippen LogP contribution >= 0.6 is 11.6 Å². The monoisotopic (exact) mass is 310 g/mol. The molecule has 2 aliphatic rings. The van der Waals surface area contributed by atoms with Crippen LogP contribution in [0.1, 0.15) is 0 Å². The third-order valence-corrected chi connectivity index (χ3v) is 4.48. The van der Waals surface area contributed by atoms with E-state index in [1.54, 1.807) is 6.07 Å². The van der Waals surface area contributed by atoms with E-state index >= 15 is 0 Å². The molecule has 1 aromatic rings. The van der Waals surface area contributed by atoms with E-state index in [4.69, 9.17) is 16.3 Å². The minimum atomic E-state index is -0.586. The molecule has 1 saturated heterocycles. The average Bonchev–Trinajstić information content (AvgIpc) is 2.50. The van der Waals surface area contributed by atoms with Crippen LogP contribution in [0.2, 0.25) is 0 Å². The third-order valence-electron chi connectivity index (χ3n) is 4.10. The van der Waals surface area contributed by atoms with Crippen molar-refractivity contribution in [3.63, 3.8) is 0 Å². The highest BCUT2D eigenvalue weighted by molar-refractivity contribution is 6.20. The Morgan fingerprint density at radius 3 is 2.71 bits per heavy atom. The van der Waals surface area contributed by atoms with E-state index in [1.165, 1.54) is 5.01 Å². The van der Waals surface area contributed by atoms with Gasteiger partial charge in [0.15, 0.2) is 5.56 Å². The summed E-state index contributed by atoms with van der Waals surface area (Å²) in [5.74, 6) is 0.603. The van der Waals surface area contributed by atoms with Gasteiger partial charge in [-0.3, -0.25) is 4.90 Å². The van der Waals surface area contributed by atoms with Gasteiger partial charge in [-0.15, -0.1) is 4.91 Å². The predicted octanol–water partition coefficient (Wildman–Crippen LogP) is 1.75. The largest absolute Gasteiger partial charge is 0.470 e. The van der Waals surface area contributed by atoms with E-state index in [1.807, 2.05) is 18.2 Å². The molecule has 1 fully saturated rings. The van der Waals surface area contributed by atoms with Crippen LogP contribution in [0.4, 0.5) is 5.69 Å². The number of hydrogen-bond acceptors (Lipinski definition) is 5. The van der Waals surface area contributed by atoms with Gasteiger partial charge in [-0.1, -0.05) is 23.7 Å². The van der Waals surface area contributed by atoms with Crippen LogP contribution in [0.3, 0.4) is 0 Å². The van der Waals surface area contributed by atoms with Crippen LogP contribution in [0, 0.1) is 4.91 Å². The van der Waals surface area contributed by atoms with E-state index < -0.39 is 5.56 Å². The fraction of sp³-hybridized carbons (Fsp3) is 0.571. The van der Waals surface area contributed by atoms with Gasteiger partial charge in [0, 0.05) is 32.7 Å². The van der Waals surface area contributed by atoms with Gasteiger partial charge in [-0.05, 0) is 19.2 Å². The first-order valence-electron chi connectivity index (χ1n) is 7.12. The first-order valence-corrected chi connectivity index (χ1v) is 7.56. The topological polar surface area (TPSA) is 48.4 Å². The summed E-state index contributed by atoms with van der Waals surface area (Å²) in [6.07, 6.45) is 0. The minimum absolute atomic E-state index is 0.275. The van der Waals surface area contributed by atoms with Gasteiger partial charge in [0.1, 0.15) is 17.5 Å². The molecule has 2 aliphatic heterocycles. The number of halogens is 1. The molecule has 6 nitrogen and oxygen atoms in total. The lowest BCUT2D eigenvalue weighted by Crippen LogP contribution is -2.54. The molecule has 1 aromatic carbocycles. The molecular formula is C14H19ClN4O2. The van der Waals surface area contributed by atoms with Crippen LogP contribution in [0.25, 0.3) is 0 Å². The summed E-state index contributed by atoms with van der Waals surface area (Å²) in [5.41, 5.74) is 0.0979. The zero-order chi connectivity index (χ0) is 14.8. The quantitative estimate of drug-likeness (QED) is 0.629. The van der Waals surface area contributed by atoms with Gasteiger partial charge in [0.25, 0.3) is 0 Å². The molecule has 3 rings (SSSR count). The molecule has 0 aliphatic carbocycles. The Morgan fingerprint density at radius 2 is 2.00 bits per heavy atom. The average molecular weight is 311 g/mol. The molecule has 21 heavy (non-hydrogen) atoms. The fourth-order valence-corrected chi connectivity index (χ4v) is 3.08. The molecule has 0 amide bonds. The maximum atomic E-state index is 11.3. The van der Waals surface area contributed by atoms with Crippen LogP contribution in [0.5, 0.6) is 5.75 Å². The van der Waals surface area contributed by atoms with Crippen molar-refractivity contribution in [1.29, 1.82) is 0 Å². The number of benzene rings is 1. The molecule has 0 N–H and O–H groups in total. The number of ether oxygens (including phenoxy) is 1. The number of piperazine rings is 1. The van der Waals surface area contributed by atoms with Gasteiger partial charge in [0.05, 0.1) is 5.29 Å². The number of alkyl halides is 1. The lowest BCUT2D eigenvalue weighted by atomic mass is 10.1. The van der Waals surface area contributed by atoms with Crippen molar-refractivity contribution in [2.24, 2.45) is 5.29 Å². The van der Waals surface area contributed by atoms with Crippen molar-refractivity contribution in [2.75, 3.05) is 44.8 Å². The van der Waals surface area contributed by atoms with Crippen LogP contribution in [-0.2, 0) is 0 Å². The Balaban J connectivity index is 1.76. The van der Waals surface area contributed by atoms with E-state index in [-0.39, 0.29) is 6.04 Å². The smallest absolute Gasteiger partial charge is 0.195 e. The third kappa shape index (κ3) is 2.97. The molecule has 0 aromatic heterocycles. The summed E-state index contributed by atoms with van der Waals surface area (Å²) in [6.45, 7) is 4.63. The second-order valence-corrected chi connectivity index (χ2v) is 5.96. The molecule has 0 spiro atoms. The summed E-state index contributed by atoms with van der Waals surface area (Å²) in [4.78, 5) is 15.9.